The summed E-state index contributed by atoms with van der Waals surface area (Å²) in [5.74, 6) is -0.142. The second-order valence-corrected chi connectivity index (χ2v) is 11.3. The number of amides is 1. The van der Waals surface area contributed by atoms with Crippen LogP contribution in [0.3, 0.4) is 0 Å². The number of morpholine rings is 1. The van der Waals surface area contributed by atoms with Crippen molar-refractivity contribution >= 4 is 58.4 Å². The number of anilines is 1. The lowest BCUT2D eigenvalue weighted by atomic mass is 10.2. The van der Waals surface area contributed by atoms with Crippen LogP contribution in [0, 0.1) is 0 Å². The van der Waals surface area contributed by atoms with Gasteiger partial charge in [-0.25, -0.2) is 13.4 Å². The molecule has 0 N–H and O–H groups in total. The maximum absolute atomic E-state index is 13.4. The minimum Gasteiger partial charge on any atom is -0.379 e. The number of hydrogen-bond acceptors (Lipinski definition) is 7. The van der Waals surface area contributed by atoms with Crippen molar-refractivity contribution in [3.05, 3.63) is 52.5 Å². The van der Waals surface area contributed by atoms with Crippen LogP contribution >= 0.6 is 27.3 Å². The number of nitrogens with zero attached hydrogens (tertiary/aromatic N) is 3. The van der Waals surface area contributed by atoms with Crippen LogP contribution in [-0.2, 0) is 14.6 Å². The van der Waals surface area contributed by atoms with Gasteiger partial charge < -0.3 is 4.74 Å². The number of thiazole rings is 1. The van der Waals surface area contributed by atoms with Gasteiger partial charge in [0, 0.05) is 42.5 Å². The van der Waals surface area contributed by atoms with Gasteiger partial charge in [-0.1, -0.05) is 33.3 Å². The van der Waals surface area contributed by atoms with E-state index in [0.29, 0.717) is 42.5 Å². The monoisotopic (exact) mass is 523 g/mol. The standard InChI is InChI=1S/C21H22BrN3O4S2/c1-31(27,28)17-5-6-18-19(14-17)30-21(23-18)25(8-7-24-9-11-29-12-10-24)20(26)15-3-2-4-16(22)13-15/h2-6,13-14H,7-12H2,1H3. The van der Waals surface area contributed by atoms with E-state index >= 15 is 0 Å². The molecule has 0 unspecified atom stereocenters. The van der Waals surface area contributed by atoms with Gasteiger partial charge in [-0.3, -0.25) is 14.6 Å². The molecular weight excluding hydrogens is 502 g/mol. The van der Waals surface area contributed by atoms with Gasteiger partial charge in [0.15, 0.2) is 15.0 Å². The van der Waals surface area contributed by atoms with Crippen molar-refractivity contribution in [2.24, 2.45) is 0 Å². The van der Waals surface area contributed by atoms with Crippen LogP contribution in [0.15, 0.2) is 51.8 Å². The molecule has 1 amide bonds. The molecule has 0 saturated carbocycles. The molecule has 1 aliphatic rings. The normalized spacial score (nSPS) is 15.3. The molecule has 0 radical (unpaired) electrons. The third-order valence-electron chi connectivity index (χ3n) is 5.07. The highest BCUT2D eigenvalue weighted by atomic mass is 79.9. The van der Waals surface area contributed by atoms with Crippen molar-refractivity contribution in [3.8, 4) is 0 Å². The van der Waals surface area contributed by atoms with Crippen molar-refractivity contribution in [1.82, 2.24) is 9.88 Å². The zero-order valence-corrected chi connectivity index (χ0v) is 20.2. The first kappa shape index (κ1) is 22.3. The Kier molecular flexibility index (Phi) is 6.73. The third kappa shape index (κ3) is 5.32. The molecule has 0 aliphatic carbocycles. The molecule has 164 valence electrons. The summed E-state index contributed by atoms with van der Waals surface area (Å²) < 4.78 is 30.8. The van der Waals surface area contributed by atoms with E-state index in [1.807, 2.05) is 12.1 Å². The Morgan fingerprint density at radius 3 is 2.71 bits per heavy atom. The fourth-order valence-corrected chi connectivity index (χ4v) is 5.52. The zero-order chi connectivity index (χ0) is 22.0. The molecule has 2 aromatic carbocycles. The smallest absolute Gasteiger partial charge is 0.260 e. The lowest BCUT2D eigenvalue weighted by molar-refractivity contribution is 0.0391. The fraction of sp³-hybridized carbons (Fsp3) is 0.333. The zero-order valence-electron chi connectivity index (χ0n) is 17.0. The number of halogens is 1. The van der Waals surface area contributed by atoms with E-state index in [2.05, 4.69) is 25.8 Å². The molecule has 0 spiro atoms. The number of carbonyl (C=O) groups excluding carboxylic acids is 1. The lowest BCUT2D eigenvalue weighted by Crippen LogP contribution is -2.43. The maximum atomic E-state index is 13.4. The molecule has 10 heteroatoms. The minimum atomic E-state index is -3.32. The van der Waals surface area contributed by atoms with E-state index in [4.69, 9.17) is 4.74 Å². The number of sulfone groups is 1. The first-order chi connectivity index (χ1) is 14.8. The first-order valence-electron chi connectivity index (χ1n) is 9.79. The van der Waals surface area contributed by atoms with Crippen LogP contribution in [0.5, 0.6) is 0 Å². The van der Waals surface area contributed by atoms with Crippen molar-refractivity contribution in [2.45, 2.75) is 4.90 Å². The molecular formula is C21H22BrN3O4S2. The van der Waals surface area contributed by atoms with E-state index in [1.165, 1.54) is 17.6 Å². The van der Waals surface area contributed by atoms with Crippen molar-refractivity contribution in [2.75, 3.05) is 50.5 Å². The number of aromatic nitrogens is 1. The molecule has 0 bridgehead atoms. The Morgan fingerprint density at radius 2 is 2.00 bits per heavy atom. The molecule has 31 heavy (non-hydrogen) atoms. The van der Waals surface area contributed by atoms with Gasteiger partial charge >= 0.3 is 0 Å². The van der Waals surface area contributed by atoms with Gasteiger partial charge in [0.2, 0.25) is 0 Å². The predicted octanol–water partition coefficient (Wildman–Crippen LogP) is 3.44. The summed E-state index contributed by atoms with van der Waals surface area (Å²) in [6.45, 7) is 4.22. The summed E-state index contributed by atoms with van der Waals surface area (Å²) in [4.78, 5) is 22.2. The van der Waals surface area contributed by atoms with Crippen LogP contribution in [0.2, 0.25) is 0 Å². The van der Waals surface area contributed by atoms with Gasteiger partial charge in [-0.2, -0.15) is 0 Å². The SMILES string of the molecule is CS(=O)(=O)c1ccc2nc(N(CCN3CCOCC3)C(=O)c3cccc(Br)c3)sc2c1. The van der Waals surface area contributed by atoms with Crippen LogP contribution < -0.4 is 4.90 Å². The molecule has 1 aliphatic heterocycles. The van der Waals surface area contributed by atoms with Crippen LogP contribution in [0.25, 0.3) is 10.2 Å². The average molecular weight is 524 g/mol. The molecule has 1 fully saturated rings. The highest BCUT2D eigenvalue weighted by Gasteiger charge is 2.23. The maximum Gasteiger partial charge on any atom is 0.260 e. The second-order valence-electron chi connectivity index (χ2n) is 7.32. The molecule has 1 saturated heterocycles. The van der Waals surface area contributed by atoms with Crippen LogP contribution in [-0.4, -0.2) is 69.9 Å². The van der Waals surface area contributed by atoms with Crippen molar-refractivity contribution in [1.29, 1.82) is 0 Å². The summed E-state index contributed by atoms with van der Waals surface area (Å²) in [7, 11) is -3.32. The van der Waals surface area contributed by atoms with E-state index in [0.717, 1.165) is 22.3 Å². The number of fused-ring (bicyclic) bond motifs is 1. The molecule has 7 nitrogen and oxygen atoms in total. The molecule has 3 aromatic rings. The van der Waals surface area contributed by atoms with Gasteiger partial charge in [0.1, 0.15) is 0 Å². The number of hydrogen-bond donors (Lipinski definition) is 0. The highest BCUT2D eigenvalue weighted by Crippen LogP contribution is 2.31. The number of benzene rings is 2. The van der Waals surface area contributed by atoms with Crippen molar-refractivity contribution in [3.63, 3.8) is 0 Å². The largest absolute Gasteiger partial charge is 0.379 e. The molecule has 0 atom stereocenters. The fourth-order valence-electron chi connectivity index (χ4n) is 3.37. The number of ether oxygens (including phenoxy) is 1. The van der Waals surface area contributed by atoms with Gasteiger partial charge in [-0.05, 0) is 36.4 Å². The summed E-state index contributed by atoms with van der Waals surface area (Å²) >= 11 is 4.75. The summed E-state index contributed by atoms with van der Waals surface area (Å²) in [6, 6.07) is 12.1. The van der Waals surface area contributed by atoms with E-state index < -0.39 is 9.84 Å². The number of rotatable bonds is 6. The second kappa shape index (κ2) is 9.33. The Labute approximate surface area is 193 Å². The Balaban J connectivity index is 1.67. The summed E-state index contributed by atoms with van der Waals surface area (Å²) in [5, 5.41) is 0.555. The van der Waals surface area contributed by atoms with E-state index in [9.17, 15) is 13.2 Å². The molecule has 1 aromatic heterocycles. The van der Waals surface area contributed by atoms with Gasteiger partial charge in [0.05, 0.1) is 28.3 Å². The third-order valence-corrected chi connectivity index (χ3v) is 7.71. The Morgan fingerprint density at radius 1 is 1.23 bits per heavy atom. The lowest BCUT2D eigenvalue weighted by Gasteiger charge is -2.29. The quantitative estimate of drug-likeness (QED) is 0.492. The van der Waals surface area contributed by atoms with Gasteiger partial charge in [0.25, 0.3) is 5.91 Å². The minimum absolute atomic E-state index is 0.142. The van der Waals surface area contributed by atoms with Gasteiger partial charge in [-0.15, -0.1) is 0 Å². The van der Waals surface area contributed by atoms with E-state index in [-0.39, 0.29) is 10.8 Å². The molecule has 2 heterocycles. The Hall–Kier alpha value is -1.85. The average Bonchev–Trinajstić information content (AvgIpc) is 3.17. The van der Waals surface area contributed by atoms with Crippen LogP contribution in [0.4, 0.5) is 5.13 Å². The van der Waals surface area contributed by atoms with Crippen LogP contribution in [0.1, 0.15) is 10.4 Å². The Bertz CT molecular complexity index is 1210. The highest BCUT2D eigenvalue weighted by molar-refractivity contribution is 9.10. The topological polar surface area (TPSA) is 79.8 Å². The van der Waals surface area contributed by atoms with E-state index in [1.54, 1.807) is 35.2 Å². The van der Waals surface area contributed by atoms with Crippen molar-refractivity contribution < 1.29 is 17.9 Å². The molecule has 4 rings (SSSR count). The predicted molar refractivity (Wildman–Crippen MR) is 126 cm³/mol. The summed E-state index contributed by atoms with van der Waals surface area (Å²) in [6.07, 6.45) is 1.18. The number of carbonyl (C=O) groups is 1. The summed E-state index contributed by atoms with van der Waals surface area (Å²) in [5.41, 5.74) is 1.23. The first-order valence-corrected chi connectivity index (χ1v) is 13.3.